The first kappa shape index (κ1) is 12.5. The van der Waals surface area contributed by atoms with Gasteiger partial charge in [-0.2, -0.15) is 4.98 Å². The highest BCUT2D eigenvalue weighted by atomic mass is 16.5. The summed E-state index contributed by atoms with van der Waals surface area (Å²) in [4.78, 5) is 6.54. The maximum Gasteiger partial charge on any atom is 0.233 e. The minimum atomic E-state index is 0.181. The summed E-state index contributed by atoms with van der Waals surface area (Å²) >= 11 is 0. The van der Waals surface area contributed by atoms with Crippen LogP contribution in [-0.4, -0.2) is 62.0 Å². The molecular weight excluding hydrogens is 220 g/mol. The van der Waals surface area contributed by atoms with Gasteiger partial charge in [-0.1, -0.05) is 5.16 Å². The second-order valence-corrected chi connectivity index (χ2v) is 4.64. The quantitative estimate of drug-likeness (QED) is 0.774. The predicted octanol–water partition coefficient (Wildman–Crippen LogP) is -0.125. The number of aromatic nitrogens is 2. The minimum absolute atomic E-state index is 0.181. The van der Waals surface area contributed by atoms with E-state index in [1.807, 2.05) is 21.1 Å². The molecule has 2 rings (SSSR count). The first-order valence-corrected chi connectivity index (χ1v) is 5.93. The van der Waals surface area contributed by atoms with E-state index in [-0.39, 0.29) is 12.0 Å². The zero-order valence-corrected chi connectivity index (χ0v) is 10.6. The lowest BCUT2D eigenvalue weighted by Gasteiger charge is -2.11. The molecule has 1 aliphatic rings. The molecule has 2 unspecified atom stereocenters. The van der Waals surface area contributed by atoms with Crippen LogP contribution in [0.15, 0.2) is 4.52 Å². The van der Waals surface area contributed by atoms with E-state index in [4.69, 9.17) is 9.26 Å². The van der Waals surface area contributed by atoms with Gasteiger partial charge in [0.05, 0.1) is 19.1 Å². The fourth-order valence-electron chi connectivity index (χ4n) is 1.93. The summed E-state index contributed by atoms with van der Waals surface area (Å²) in [6.07, 6.45) is 0.814. The summed E-state index contributed by atoms with van der Waals surface area (Å²) in [5.41, 5.74) is 0. The van der Waals surface area contributed by atoms with Gasteiger partial charge < -0.3 is 19.5 Å². The Morgan fingerprint density at radius 1 is 1.41 bits per heavy atom. The molecule has 0 spiro atoms. The van der Waals surface area contributed by atoms with Crippen molar-refractivity contribution in [1.82, 2.24) is 20.4 Å². The summed E-state index contributed by atoms with van der Waals surface area (Å²) in [5, 5.41) is 7.22. The van der Waals surface area contributed by atoms with Gasteiger partial charge in [0.1, 0.15) is 0 Å². The van der Waals surface area contributed by atoms with Crippen LogP contribution in [0.25, 0.3) is 0 Å². The summed E-state index contributed by atoms with van der Waals surface area (Å²) in [7, 11) is 5.99. The monoisotopic (exact) mass is 240 g/mol. The van der Waals surface area contributed by atoms with Crippen LogP contribution in [0.3, 0.4) is 0 Å². The smallest absolute Gasteiger partial charge is 0.233 e. The number of hydrogen-bond donors (Lipinski definition) is 1. The molecule has 96 valence electrons. The van der Waals surface area contributed by atoms with Crippen LogP contribution in [0.1, 0.15) is 17.6 Å². The summed E-state index contributed by atoms with van der Waals surface area (Å²) in [6, 6.07) is 0.275. The van der Waals surface area contributed by atoms with Crippen molar-refractivity contribution in [1.29, 1.82) is 0 Å². The maximum absolute atomic E-state index is 5.42. The normalized spacial score (nSPS) is 24.7. The van der Waals surface area contributed by atoms with E-state index >= 15 is 0 Å². The number of ether oxygens (including phenoxy) is 1. The summed E-state index contributed by atoms with van der Waals surface area (Å²) in [6.45, 7) is 2.28. The molecule has 1 aromatic rings. The molecule has 0 aromatic carbocycles. The zero-order chi connectivity index (χ0) is 12.3. The van der Waals surface area contributed by atoms with Crippen molar-refractivity contribution in [2.45, 2.75) is 18.4 Å². The fourth-order valence-corrected chi connectivity index (χ4v) is 1.93. The molecule has 1 N–H and O–H groups in total. The third-order valence-electron chi connectivity index (χ3n) is 3.03. The summed E-state index contributed by atoms with van der Waals surface area (Å²) in [5.74, 6) is 1.65. The third kappa shape index (κ3) is 3.02. The van der Waals surface area contributed by atoms with Gasteiger partial charge in [-0.15, -0.1) is 0 Å². The highest BCUT2D eigenvalue weighted by Crippen LogP contribution is 2.24. The van der Waals surface area contributed by atoms with Gasteiger partial charge in [-0.25, -0.2) is 0 Å². The topological polar surface area (TPSA) is 63.4 Å². The molecule has 2 heterocycles. The van der Waals surface area contributed by atoms with Gasteiger partial charge in [0.25, 0.3) is 0 Å². The molecule has 1 fully saturated rings. The first-order valence-electron chi connectivity index (χ1n) is 5.93. The third-order valence-corrected chi connectivity index (χ3v) is 3.03. The van der Waals surface area contributed by atoms with Crippen LogP contribution in [-0.2, 0) is 11.2 Å². The largest absolute Gasteiger partial charge is 0.379 e. The average Bonchev–Trinajstić information content (AvgIpc) is 2.94. The van der Waals surface area contributed by atoms with Crippen LogP contribution >= 0.6 is 0 Å². The van der Waals surface area contributed by atoms with Crippen LogP contribution in [0.5, 0.6) is 0 Å². The molecule has 1 aliphatic heterocycles. The van der Waals surface area contributed by atoms with E-state index < -0.39 is 0 Å². The lowest BCUT2D eigenvalue weighted by Crippen LogP contribution is -2.31. The molecular formula is C11H20N4O2. The molecule has 6 heteroatoms. The van der Waals surface area contributed by atoms with Gasteiger partial charge in [-0.3, -0.25) is 0 Å². The number of nitrogens with one attached hydrogen (secondary N) is 1. The van der Waals surface area contributed by atoms with Gasteiger partial charge in [0, 0.05) is 19.0 Å². The van der Waals surface area contributed by atoms with Crippen molar-refractivity contribution in [2.24, 2.45) is 0 Å². The van der Waals surface area contributed by atoms with E-state index in [0.29, 0.717) is 19.1 Å². The van der Waals surface area contributed by atoms with Crippen molar-refractivity contribution in [3.8, 4) is 0 Å². The lowest BCUT2D eigenvalue weighted by atomic mass is 10.0. The number of likely N-dealkylation sites (N-methyl/N-ethyl adjacent to an activating group) is 2. The van der Waals surface area contributed by atoms with E-state index in [9.17, 15) is 0 Å². The van der Waals surface area contributed by atoms with E-state index in [2.05, 4.69) is 20.4 Å². The SMILES string of the molecule is CNC1COCC1c1nc(CCN(C)C)no1. The maximum atomic E-state index is 5.42. The Morgan fingerprint density at radius 3 is 2.94 bits per heavy atom. The molecule has 17 heavy (non-hydrogen) atoms. The molecule has 1 aromatic heterocycles. The molecule has 0 amide bonds. The van der Waals surface area contributed by atoms with Crippen LogP contribution < -0.4 is 5.32 Å². The van der Waals surface area contributed by atoms with Crippen LogP contribution in [0.2, 0.25) is 0 Å². The van der Waals surface area contributed by atoms with E-state index in [1.54, 1.807) is 0 Å². The highest BCUT2D eigenvalue weighted by molar-refractivity contribution is 5.02. The Labute approximate surface area is 101 Å². The Kier molecular flexibility index (Phi) is 4.09. The number of hydrogen-bond acceptors (Lipinski definition) is 6. The van der Waals surface area contributed by atoms with Crippen molar-refractivity contribution in [2.75, 3.05) is 40.9 Å². The number of rotatable bonds is 5. The second-order valence-electron chi connectivity index (χ2n) is 4.64. The van der Waals surface area contributed by atoms with E-state index in [1.165, 1.54) is 0 Å². The predicted molar refractivity (Wildman–Crippen MR) is 63.0 cm³/mol. The molecule has 0 bridgehead atoms. The Morgan fingerprint density at radius 2 is 2.24 bits per heavy atom. The number of nitrogens with zero attached hydrogens (tertiary/aromatic N) is 3. The lowest BCUT2D eigenvalue weighted by molar-refractivity contribution is 0.185. The molecule has 0 radical (unpaired) electrons. The van der Waals surface area contributed by atoms with Gasteiger partial charge in [0.2, 0.25) is 5.89 Å². The standard InChI is InChI=1S/C11H20N4O2/c1-12-9-7-16-6-8(9)11-13-10(14-17-11)4-5-15(2)3/h8-9,12H,4-7H2,1-3H3. The van der Waals surface area contributed by atoms with E-state index in [0.717, 1.165) is 18.8 Å². The van der Waals surface area contributed by atoms with Crippen molar-refractivity contribution in [3.63, 3.8) is 0 Å². The first-order chi connectivity index (χ1) is 8.20. The molecule has 0 aliphatic carbocycles. The molecule has 1 saturated heterocycles. The van der Waals surface area contributed by atoms with Crippen molar-refractivity contribution < 1.29 is 9.26 Å². The van der Waals surface area contributed by atoms with Gasteiger partial charge in [-0.05, 0) is 21.1 Å². The molecule has 6 nitrogen and oxygen atoms in total. The second kappa shape index (κ2) is 5.57. The zero-order valence-electron chi connectivity index (χ0n) is 10.6. The average molecular weight is 240 g/mol. The summed E-state index contributed by atoms with van der Waals surface area (Å²) < 4.78 is 10.7. The molecule has 0 saturated carbocycles. The van der Waals surface area contributed by atoms with Crippen molar-refractivity contribution in [3.05, 3.63) is 11.7 Å². The van der Waals surface area contributed by atoms with Crippen molar-refractivity contribution >= 4 is 0 Å². The van der Waals surface area contributed by atoms with Gasteiger partial charge in [0.15, 0.2) is 5.82 Å². The fraction of sp³-hybridized carbons (Fsp3) is 0.818. The minimum Gasteiger partial charge on any atom is -0.379 e. The highest BCUT2D eigenvalue weighted by Gasteiger charge is 2.32. The Balaban J connectivity index is 1.97. The molecule has 2 atom stereocenters. The Hall–Kier alpha value is -0.980. The van der Waals surface area contributed by atoms with Gasteiger partial charge >= 0.3 is 0 Å². The van der Waals surface area contributed by atoms with Crippen LogP contribution in [0, 0.1) is 0 Å². The Bertz CT molecular complexity index is 353. The van der Waals surface area contributed by atoms with Crippen LogP contribution in [0.4, 0.5) is 0 Å².